The third-order valence-electron chi connectivity index (χ3n) is 2.63. The molecule has 1 atom stereocenters. The van der Waals surface area contributed by atoms with Gasteiger partial charge in [0.05, 0.1) is 5.75 Å². The molecular formula is C10H21BrO2S. The van der Waals surface area contributed by atoms with Gasteiger partial charge in [0.15, 0.2) is 0 Å². The van der Waals surface area contributed by atoms with Crippen LogP contribution in [0.5, 0.6) is 0 Å². The van der Waals surface area contributed by atoms with E-state index in [0.29, 0.717) is 5.75 Å². The van der Waals surface area contributed by atoms with Crippen LogP contribution in [0.15, 0.2) is 0 Å². The fourth-order valence-corrected chi connectivity index (χ4v) is 3.06. The van der Waals surface area contributed by atoms with E-state index in [2.05, 4.69) is 29.8 Å². The molecule has 0 aromatic carbocycles. The maximum atomic E-state index is 11.4. The van der Waals surface area contributed by atoms with Crippen LogP contribution >= 0.6 is 15.9 Å². The predicted molar refractivity (Wildman–Crippen MR) is 65.8 cm³/mol. The van der Waals surface area contributed by atoms with E-state index in [9.17, 15) is 8.42 Å². The van der Waals surface area contributed by atoms with Gasteiger partial charge in [0, 0.05) is 11.1 Å². The molecule has 1 unspecified atom stereocenters. The number of alkyl halides is 1. The molecule has 86 valence electrons. The Kier molecular flexibility index (Phi) is 6.30. The van der Waals surface area contributed by atoms with Gasteiger partial charge in [-0.25, -0.2) is 8.42 Å². The van der Waals surface area contributed by atoms with Crippen LogP contribution in [-0.4, -0.2) is 25.3 Å². The standard InChI is InChI=1S/C10H21BrO2S/c1-4-6-10(3,9-11)7-8-14(12,13)5-2/h4-9H2,1-3H3. The van der Waals surface area contributed by atoms with Gasteiger partial charge in [-0.05, 0) is 18.3 Å². The van der Waals surface area contributed by atoms with Crippen molar-refractivity contribution >= 4 is 25.8 Å². The molecule has 0 rings (SSSR count). The van der Waals surface area contributed by atoms with Crippen LogP contribution < -0.4 is 0 Å². The van der Waals surface area contributed by atoms with Crippen molar-refractivity contribution in [3.63, 3.8) is 0 Å². The van der Waals surface area contributed by atoms with Gasteiger partial charge in [0.1, 0.15) is 9.84 Å². The summed E-state index contributed by atoms with van der Waals surface area (Å²) in [7, 11) is -2.80. The number of rotatable bonds is 7. The van der Waals surface area contributed by atoms with Gasteiger partial charge in [0.2, 0.25) is 0 Å². The lowest BCUT2D eigenvalue weighted by Crippen LogP contribution is -2.23. The van der Waals surface area contributed by atoms with Crippen molar-refractivity contribution in [1.82, 2.24) is 0 Å². The molecule has 0 saturated carbocycles. The molecule has 0 saturated heterocycles. The smallest absolute Gasteiger partial charge is 0.150 e. The third kappa shape index (κ3) is 5.35. The summed E-state index contributed by atoms with van der Waals surface area (Å²) in [5, 5.41) is 0.882. The average molecular weight is 285 g/mol. The van der Waals surface area contributed by atoms with Crippen LogP contribution in [0.4, 0.5) is 0 Å². The fraction of sp³-hybridized carbons (Fsp3) is 1.00. The van der Waals surface area contributed by atoms with E-state index in [4.69, 9.17) is 0 Å². The van der Waals surface area contributed by atoms with Crippen LogP contribution in [-0.2, 0) is 9.84 Å². The van der Waals surface area contributed by atoms with E-state index < -0.39 is 9.84 Å². The second-order valence-corrected chi connectivity index (χ2v) is 7.21. The Morgan fingerprint density at radius 1 is 1.21 bits per heavy atom. The zero-order chi connectivity index (χ0) is 11.2. The highest BCUT2D eigenvalue weighted by molar-refractivity contribution is 9.09. The Balaban J connectivity index is 4.21. The van der Waals surface area contributed by atoms with Crippen LogP contribution in [0.2, 0.25) is 0 Å². The van der Waals surface area contributed by atoms with Crippen molar-refractivity contribution in [2.75, 3.05) is 16.8 Å². The van der Waals surface area contributed by atoms with Crippen LogP contribution in [0.3, 0.4) is 0 Å². The highest BCUT2D eigenvalue weighted by Crippen LogP contribution is 2.30. The first-order valence-electron chi connectivity index (χ1n) is 5.15. The van der Waals surface area contributed by atoms with Gasteiger partial charge in [-0.1, -0.05) is 43.1 Å². The first kappa shape index (κ1) is 14.4. The van der Waals surface area contributed by atoms with E-state index in [1.165, 1.54) is 0 Å². The van der Waals surface area contributed by atoms with E-state index in [0.717, 1.165) is 24.6 Å². The van der Waals surface area contributed by atoms with Gasteiger partial charge in [-0.15, -0.1) is 0 Å². The van der Waals surface area contributed by atoms with Crippen molar-refractivity contribution in [3.8, 4) is 0 Å². The van der Waals surface area contributed by atoms with Crippen LogP contribution in [0.1, 0.15) is 40.0 Å². The SMILES string of the molecule is CCCC(C)(CBr)CCS(=O)(=O)CC. The quantitative estimate of drug-likeness (QED) is 0.674. The number of hydrogen-bond donors (Lipinski definition) is 0. The zero-order valence-electron chi connectivity index (χ0n) is 9.35. The predicted octanol–water partition coefficient (Wildman–Crippen LogP) is 3.01. The van der Waals surface area contributed by atoms with Crippen LogP contribution in [0.25, 0.3) is 0 Å². The van der Waals surface area contributed by atoms with Crippen molar-refractivity contribution in [3.05, 3.63) is 0 Å². The van der Waals surface area contributed by atoms with E-state index >= 15 is 0 Å². The second kappa shape index (κ2) is 6.11. The van der Waals surface area contributed by atoms with Gasteiger partial charge >= 0.3 is 0 Å². The van der Waals surface area contributed by atoms with Crippen molar-refractivity contribution in [1.29, 1.82) is 0 Å². The Labute approximate surface area is 96.5 Å². The first-order valence-corrected chi connectivity index (χ1v) is 8.10. The van der Waals surface area contributed by atoms with Gasteiger partial charge in [0.25, 0.3) is 0 Å². The Morgan fingerprint density at radius 3 is 2.14 bits per heavy atom. The third-order valence-corrected chi connectivity index (χ3v) is 5.69. The van der Waals surface area contributed by atoms with Crippen molar-refractivity contribution in [2.24, 2.45) is 5.41 Å². The average Bonchev–Trinajstić information content (AvgIpc) is 2.16. The topological polar surface area (TPSA) is 34.1 Å². The van der Waals surface area contributed by atoms with Gasteiger partial charge < -0.3 is 0 Å². The molecule has 0 aliphatic rings. The molecule has 0 radical (unpaired) electrons. The van der Waals surface area contributed by atoms with Gasteiger partial charge in [-0.3, -0.25) is 0 Å². The molecule has 0 amide bonds. The normalized spacial score (nSPS) is 16.6. The molecule has 0 aliphatic heterocycles. The molecule has 0 spiro atoms. The van der Waals surface area contributed by atoms with Crippen LogP contribution in [0, 0.1) is 5.41 Å². The minimum Gasteiger partial charge on any atom is -0.229 e. The molecule has 4 heteroatoms. The summed E-state index contributed by atoms with van der Waals surface area (Å²) in [6, 6.07) is 0. The summed E-state index contributed by atoms with van der Waals surface area (Å²) in [6.45, 7) is 5.99. The van der Waals surface area contributed by atoms with Crippen molar-refractivity contribution < 1.29 is 8.42 Å². The highest BCUT2D eigenvalue weighted by atomic mass is 79.9. The minimum atomic E-state index is -2.80. The molecule has 2 nitrogen and oxygen atoms in total. The number of hydrogen-bond acceptors (Lipinski definition) is 2. The molecule has 0 N–H and O–H groups in total. The Bertz CT molecular complexity index is 249. The summed E-state index contributed by atoms with van der Waals surface area (Å²) in [5.41, 5.74) is 0.136. The summed E-state index contributed by atoms with van der Waals surface area (Å²) in [4.78, 5) is 0. The monoisotopic (exact) mass is 284 g/mol. The molecule has 0 aromatic heterocycles. The molecule has 14 heavy (non-hydrogen) atoms. The molecule has 0 fully saturated rings. The maximum absolute atomic E-state index is 11.4. The zero-order valence-corrected chi connectivity index (χ0v) is 11.7. The molecule has 0 aromatic rings. The summed E-state index contributed by atoms with van der Waals surface area (Å²) >= 11 is 3.47. The maximum Gasteiger partial charge on any atom is 0.150 e. The molecule has 0 heterocycles. The van der Waals surface area contributed by atoms with E-state index in [-0.39, 0.29) is 11.2 Å². The first-order chi connectivity index (χ1) is 6.39. The largest absolute Gasteiger partial charge is 0.229 e. The summed E-state index contributed by atoms with van der Waals surface area (Å²) in [5.74, 6) is 0.586. The lowest BCUT2D eigenvalue weighted by molar-refractivity contribution is 0.330. The highest BCUT2D eigenvalue weighted by Gasteiger charge is 2.24. The summed E-state index contributed by atoms with van der Waals surface area (Å²) < 4.78 is 22.7. The molecule has 0 bridgehead atoms. The second-order valence-electron chi connectivity index (χ2n) is 4.18. The van der Waals surface area contributed by atoms with Crippen molar-refractivity contribution in [2.45, 2.75) is 40.0 Å². The lowest BCUT2D eigenvalue weighted by Gasteiger charge is -2.26. The minimum absolute atomic E-state index is 0.136. The Hall–Kier alpha value is 0.430. The number of halogens is 1. The van der Waals surface area contributed by atoms with E-state index in [1.54, 1.807) is 6.92 Å². The lowest BCUT2D eigenvalue weighted by atomic mass is 9.85. The summed E-state index contributed by atoms with van der Waals surface area (Å²) in [6.07, 6.45) is 2.95. The fourth-order valence-electron chi connectivity index (χ4n) is 1.41. The molecular weight excluding hydrogens is 264 g/mol. The number of sulfone groups is 1. The van der Waals surface area contributed by atoms with Gasteiger partial charge in [-0.2, -0.15) is 0 Å². The van der Waals surface area contributed by atoms with E-state index in [1.807, 2.05) is 0 Å². The Morgan fingerprint density at radius 2 is 1.79 bits per heavy atom. The molecule has 0 aliphatic carbocycles.